The largest absolute Gasteiger partial charge is 0.497 e. The highest BCUT2D eigenvalue weighted by Gasteiger charge is 2.30. The van der Waals surface area contributed by atoms with Crippen LogP contribution in [-0.4, -0.2) is 18.6 Å². The number of aromatic nitrogens is 1. The summed E-state index contributed by atoms with van der Waals surface area (Å²) in [7, 11) is 1.68. The molecule has 2 heterocycles. The number of benzene rings is 1. The first kappa shape index (κ1) is 13.3. The van der Waals surface area contributed by atoms with E-state index in [0.717, 1.165) is 40.6 Å². The fraction of sp³-hybridized carbons (Fsp3) is 0.312. The van der Waals surface area contributed by atoms with Gasteiger partial charge in [0.15, 0.2) is 0 Å². The molecule has 1 unspecified atom stereocenters. The highest BCUT2D eigenvalue weighted by atomic mass is 35.5. The van der Waals surface area contributed by atoms with Crippen molar-refractivity contribution in [2.24, 2.45) is 0 Å². The third-order valence-electron chi connectivity index (χ3n) is 3.68. The lowest BCUT2D eigenvalue weighted by atomic mass is 10.1. The van der Waals surface area contributed by atoms with E-state index in [4.69, 9.17) is 16.3 Å². The fourth-order valence-electron chi connectivity index (χ4n) is 2.63. The molecular weight excluding hydrogens is 272 g/mol. The Hall–Kier alpha value is -1.74. The topological polar surface area (TPSA) is 25.4 Å². The van der Waals surface area contributed by atoms with Gasteiger partial charge in [0.25, 0.3) is 0 Å². The van der Waals surface area contributed by atoms with Crippen molar-refractivity contribution in [3.05, 3.63) is 47.2 Å². The van der Waals surface area contributed by atoms with Gasteiger partial charge in [-0.05, 0) is 43.7 Å². The van der Waals surface area contributed by atoms with Gasteiger partial charge in [-0.15, -0.1) is 11.6 Å². The van der Waals surface area contributed by atoms with Crippen molar-refractivity contribution >= 4 is 23.1 Å². The summed E-state index contributed by atoms with van der Waals surface area (Å²) in [4.78, 5) is 6.85. The van der Waals surface area contributed by atoms with Crippen LogP contribution in [-0.2, 0) is 0 Å². The molecule has 0 fully saturated rings. The minimum atomic E-state index is -0.0143. The third-order valence-corrected chi connectivity index (χ3v) is 4.05. The van der Waals surface area contributed by atoms with E-state index < -0.39 is 0 Å². The van der Waals surface area contributed by atoms with Crippen LogP contribution >= 0.6 is 11.6 Å². The maximum Gasteiger partial charge on any atom is 0.138 e. The molecule has 1 aromatic heterocycles. The Morgan fingerprint density at radius 3 is 2.75 bits per heavy atom. The van der Waals surface area contributed by atoms with Crippen LogP contribution in [0.5, 0.6) is 5.75 Å². The van der Waals surface area contributed by atoms with Crippen molar-refractivity contribution in [2.45, 2.75) is 19.2 Å². The van der Waals surface area contributed by atoms with Crippen LogP contribution in [0.2, 0.25) is 0 Å². The molecule has 3 rings (SSSR count). The van der Waals surface area contributed by atoms with E-state index in [1.165, 1.54) is 0 Å². The lowest BCUT2D eigenvalue weighted by Gasteiger charge is -2.21. The number of fused-ring (bicyclic) bond motifs is 1. The second-order valence-electron chi connectivity index (χ2n) is 5.10. The van der Waals surface area contributed by atoms with Gasteiger partial charge in [0, 0.05) is 23.5 Å². The van der Waals surface area contributed by atoms with Gasteiger partial charge >= 0.3 is 0 Å². The molecule has 0 radical (unpaired) electrons. The third kappa shape index (κ3) is 2.12. The standard InChI is InChI=1S/C16H17ClN2O/c1-10-8-12(20-3)5-7-15(10)19-9-14(17)13-6-4-11(2)18-16(13)19/h4-8,14H,9H2,1-3H3. The summed E-state index contributed by atoms with van der Waals surface area (Å²) in [6.07, 6.45) is 0. The van der Waals surface area contributed by atoms with Gasteiger partial charge in [0.05, 0.1) is 12.5 Å². The second-order valence-corrected chi connectivity index (χ2v) is 5.62. The molecule has 0 amide bonds. The molecule has 4 heteroatoms. The first-order chi connectivity index (χ1) is 9.60. The SMILES string of the molecule is COc1ccc(N2CC(Cl)c3ccc(C)nc32)c(C)c1. The average molecular weight is 289 g/mol. The number of anilines is 2. The summed E-state index contributed by atoms with van der Waals surface area (Å²) in [5, 5.41) is -0.0143. The van der Waals surface area contributed by atoms with E-state index in [-0.39, 0.29) is 5.38 Å². The average Bonchev–Trinajstić information content (AvgIpc) is 2.75. The van der Waals surface area contributed by atoms with Crippen molar-refractivity contribution in [3.8, 4) is 5.75 Å². The van der Waals surface area contributed by atoms with Crippen molar-refractivity contribution in [2.75, 3.05) is 18.6 Å². The second kappa shape index (κ2) is 4.98. The Kier molecular flexibility index (Phi) is 3.30. The number of hydrogen-bond acceptors (Lipinski definition) is 3. The molecule has 20 heavy (non-hydrogen) atoms. The number of halogens is 1. The molecule has 0 bridgehead atoms. The number of hydrogen-bond donors (Lipinski definition) is 0. The Balaban J connectivity index is 2.07. The summed E-state index contributed by atoms with van der Waals surface area (Å²) in [6.45, 7) is 4.83. The van der Waals surface area contributed by atoms with E-state index in [1.54, 1.807) is 7.11 Å². The molecule has 0 saturated carbocycles. The molecule has 0 spiro atoms. The zero-order valence-electron chi connectivity index (χ0n) is 11.9. The highest BCUT2D eigenvalue weighted by molar-refractivity contribution is 6.22. The van der Waals surface area contributed by atoms with Crippen LogP contribution in [0.3, 0.4) is 0 Å². The molecule has 1 atom stereocenters. The minimum absolute atomic E-state index is 0.0143. The van der Waals surface area contributed by atoms with E-state index in [1.807, 2.05) is 25.1 Å². The number of pyridine rings is 1. The summed E-state index contributed by atoms with van der Waals surface area (Å²) < 4.78 is 5.26. The quantitative estimate of drug-likeness (QED) is 0.777. The van der Waals surface area contributed by atoms with Gasteiger partial charge in [0.1, 0.15) is 11.6 Å². The lowest BCUT2D eigenvalue weighted by Crippen LogP contribution is -2.16. The Bertz CT molecular complexity index is 657. The van der Waals surface area contributed by atoms with Crippen LogP contribution in [0.15, 0.2) is 30.3 Å². The van der Waals surface area contributed by atoms with Crippen LogP contribution < -0.4 is 9.64 Å². The number of ether oxygens (including phenoxy) is 1. The molecule has 3 nitrogen and oxygen atoms in total. The fourth-order valence-corrected chi connectivity index (χ4v) is 2.94. The molecule has 104 valence electrons. The Morgan fingerprint density at radius 1 is 1.25 bits per heavy atom. The molecule has 0 saturated heterocycles. The highest BCUT2D eigenvalue weighted by Crippen LogP contribution is 2.42. The van der Waals surface area contributed by atoms with Crippen LogP contribution in [0.4, 0.5) is 11.5 Å². The summed E-state index contributed by atoms with van der Waals surface area (Å²) in [5.74, 6) is 1.84. The van der Waals surface area contributed by atoms with Gasteiger partial charge in [-0.2, -0.15) is 0 Å². The lowest BCUT2D eigenvalue weighted by molar-refractivity contribution is 0.414. The Labute approximate surface area is 124 Å². The smallest absolute Gasteiger partial charge is 0.138 e. The van der Waals surface area contributed by atoms with Crippen molar-refractivity contribution in [1.82, 2.24) is 4.98 Å². The van der Waals surface area contributed by atoms with E-state index in [0.29, 0.717) is 0 Å². The normalized spacial score (nSPS) is 17.2. The predicted molar refractivity (Wildman–Crippen MR) is 82.3 cm³/mol. The summed E-state index contributed by atoms with van der Waals surface area (Å²) >= 11 is 6.44. The molecule has 1 aromatic carbocycles. The molecular formula is C16H17ClN2O. The van der Waals surface area contributed by atoms with Gasteiger partial charge in [-0.3, -0.25) is 0 Å². The van der Waals surface area contributed by atoms with Crippen molar-refractivity contribution in [3.63, 3.8) is 0 Å². The maximum absolute atomic E-state index is 6.44. The first-order valence-electron chi connectivity index (χ1n) is 6.64. The van der Waals surface area contributed by atoms with Crippen molar-refractivity contribution < 1.29 is 4.74 Å². The predicted octanol–water partition coefficient (Wildman–Crippen LogP) is 4.14. The number of alkyl halides is 1. The van der Waals surface area contributed by atoms with Gasteiger partial charge in [-0.1, -0.05) is 6.07 Å². The molecule has 1 aliphatic rings. The summed E-state index contributed by atoms with van der Waals surface area (Å²) in [5.41, 5.74) is 4.40. The number of methoxy groups -OCH3 is 1. The molecule has 0 N–H and O–H groups in total. The molecule has 0 aliphatic carbocycles. The minimum Gasteiger partial charge on any atom is -0.497 e. The van der Waals surface area contributed by atoms with Crippen molar-refractivity contribution in [1.29, 1.82) is 0 Å². The number of aryl methyl sites for hydroxylation is 2. The molecule has 2 aromatic rings. The van der Waals surface area contributed by atoms with Gasteiger partial charge in [-0.25, -0.2) is 4.98 Å². The monoisotopic (exact) mass is 288 g/mol. The summed E-state index contributed by atoms with van der Waals surface area (Å²) in [6, 6.07) is 10.2. The number of nitrogens with zero attached hydrogens (tertiary/aromatic N) is 2. The van der Waals surface area contributed by atoms with E-state index in [2.05, 4.69) is 28.9 Å². The van der Waals surface area contributed by atoms with Gasteiger partial charge < -0.3 is 9.64 Å². The van der Waals surface area contributed by atoms with E-state index in [9.17, 15) is 0 Å². The Morgan fingerprint density at radius 2 is 2.05 bits per heavy atom. The van der Waals surface area contributed by atoms with Crippen LogP contribution in [0.25, 0.3) is 0 Å². The van der Waals surface area contributed by atoms with Gasteiger partial charge in [0.2, 0.25) is 0 Å². The van der Waals surface area contributed by atoms with Crippen LogP contribution in [0, 0.1) is 13.8 Å². The van der Waals surface area contributed by atoms with Crippen LogP contribution in [0.1, 0.15) is 22.2 Å². The number of rotatable bonds is 2. The molecule has 1 aliphatic heterocycles. The van der Waals surface area contributed by atoms with E-state index >= 15 is 0 Å². The zero-order valence-corrected chi connectivity index (χ0v) is 12.6. The zero-order chi connectivity index (χ0) is 14.3. The maximum atomic E-state index is 6.44. The first-order valence-corrected chi connectivity index (χ1v) is 7.07.